The van der Waals surface area contributed by atoms with Gasteiger partial charge in [0.05, 0.1) is 6.54 Å². The van der Waals surface area contributed by atoms with E-state index in [9.17, 15) is 22.8 Å². The van der Waals surface area contributed by atoms with Crippen LogP contribution in [0.1, 0.15) is 10.5 Å². The van der Waals surface area contributed by atoms with Crippen LogP contribution >= 0.6 is 11.6 Å². The summed E-state index contributed by atoms with van der Waals surface area (Å²) in [6.07, 6.45) is -4.49. The van der Waals surface area contributed by atoms with E-state index in [0.717, 1.165) is 4.90 Å². The largest absolute Gasteiger partial charge is 0.405 e. The Balaban J connectivity index is 2.56. The van der Waals surface area contributed by atoms with Gasteiger partial charge in [-0.3, -0.25) is 9.59 Å². The van der Waals surface area contributed by atoms with E-state index in [4.69, 9.17) is 11.6 Å². The van der Waals surface area contributed by atoms with Crippen LogP contribution in [0.2, 0.25) is 5.15 Å². The molecule has 0 unspecified atom stereocenters. The number of rotatable bonds is 4. The van der Waals surface area contributed by atoms with Crippen molar-refractivity contribution >= 4 is 23.4 Å². The molecule has 0 saturated heterocycles. The van der Waals surface area contributed by atoms with E-state index in [1.54, 1.807) is 5.32 Å². The van der Waals surface area contributed by atoms with E-state index >= 15 is 0 Å². The molecule has 1 heterocycles. The lowest BCUT2D eigenvalue weighted by molar-refractivity contribution is -0.138. The number of amides is 2. The minimum Gasteiger partial charge on any atom is -0.345 e. The number of hydrogen-bond donors (Lipinski definition) is 1. The van der Waals surface area contributed by atoms with Crippen LogP contribution in [0, 0.1) is 0 Å². The van der Waals surface area contributed by atoms with Gasteiger partial charge < -0.3 is 10.2 Å². The van der Waals surface area contributed by atoms with Gasteiger partial charge >= 0.3 is 6.18 Å². The van der Waals surface area contributed by atoms with Gasteiger partial charge in [0.15, 0.2) is 0 Å². The van der Waals surface area contributed by atoms with Crippen molar-refractivity contribution < 1.29 is 22.8 Å². The van der Waals surface area contributed by atoms with Crippen LogP contribution in [0.25, 0.3) is 0 Å². The second kappa shape index (κ2) is 6.56. The first-order valence-corrected chi connectivity index (χ1v) is 5.78. The Kier molecular flexibility index (Phi) is 5.32. The topological polar surface area (TPSA) is 62.3 Å². The van der Waals surface area contributed by atoms with Crippen LogP contribution in [0.15, 0.2) is 18.2 Å². The fourth-order valence-corrected chi connectivity index (χ4v) is 1.43. The molecule has 110 valence electrons. The van der Waals surface area contributed by atoms with Crippen molar-refractivity contribution in [3.05, 3.63) is 29.0 Å². The van der Waals surface area contributed by atoms with Crippen molar-refractivity contribution in [2.24, 2.45) is 0 Å². The van der Waals surface area contributed by atoms with Crippen molar-refractivity contribution in [3.63, 3.8) is 0 Å². The number of hydrogen-bond acceptors (Lipinski definition) is 3. The Morgan fingerprint density at radius 1 is 1.40 bits per heavy atom. The lowest BCUT2D eigenvalue weighted by Gasteiger charge is -2.16. The number of halogens is 4. The molecule has 1 N–H and O–H groups in total. The Hall–Kier alpha value is -1.83. The van der Waals surface area contributed by atoms with Crippen molar-refractivity contribution in [2.45, 2.75) is 6.18 Å². The second-order valence-electron chi connectivity index (χ2n) is 3.90. The van der Waals surface area contributed by atoms with Crippen LogP contribution < -0.4 is 5.32 Å². The maximum absolute atomic E-state index is 11.9. The molecule has 0 saturated carbocycles. The molecule has 5 nitrogen and oxygen atoms in total. The summed E-state index contributed by atoms with van der Waals surface area (Å²) in [6, 6.07) is 4.35. The molecule has 1 aromatic rings. The SMILES string of the molecule is CN(CC(=O)NCC(F)(F)F)C(=O)c1cccc(Cl)n1. The summed E-state index contributed by atoms with van der Waals surface area (Å²) < 4.78 is 35.7. The molecule has 0 aliphatic heterocycles. The number of likely N-dealkylation sites (N-methyl/N-ethyl adjacent to an activating group) is 1. The summed E-state index contributed by atoms with van der Waals surface area (Å²) in [5, 5.41) is 1.77. The van der Waals surface area contributed by atoms with Gasteiger partial charge in [-0.1, -0.05) is 17.7 Å². The molecule has 0 fully saturated rings. The molecular formula is C11H11ClF3N3O2. The number of aromatic nitrogens is 1. The van der Waals surface area contributed by atoms with Crippen LogP contribution in [0.5, 0.6) is 0 Å². The van der Waals surface area contributed by atoms with Crippen LogP contribution in [0.3, 0.4) is 0 Å². The number of alkyl halides is 3. The van der Waals surface area contributed by atoms with Crippen molar-refractivity contribution in [3.8, 4) is 0 Å². The zero-order valence-electron chi connectivity index (χ0n) is 10.4. The quantitative estimate of drug-likeness (QED) is 0.857. The minimum atomic E-state index is -4.49. The van der Waals surface area contributed by atoms with Gasteiger partial charge in [-0.15, -0.1) is 0 Å². The van der Waals surface area contributed by atoms with Gasteiger partial charge in [0, 0.05) is 7.05 Å². The van der Waals surface area contributed by atoms with Gasteiger partial charge in [-0.2, -0.15) is 13.2 Å². The Morgan fingerprint density at radius 3 is 2.60 bits per heavy atom. The first kappa shape index (κ1) is 16.2. The fourth-order valence-electron chi connectivity index (χ4n) is 1.26. The predicted octanol–water partition coefficient (Wildman–Crippen LogP) is 1.49. The van der Waals surface area contributed by atoms with Gasteiger partial charge in [0.1, 0.15) is 17.4 Å². The predicted molar refractivity (Wildman–Crippen MR) is 65.3 cm³/mol. The standard InChI is InChI=1S/C11H11ClF3N3O2/c1-18(5-9(19)16-6-11(13,14)15)10(20)7-3-2-4-8(12)17-7/h2-4H,5-6H2,1H3,(H,16,19). The second-order valence-corrected chi connectivity index (χ2v) is 4.29. The van der Waals surface area contributed by atoms with Crippen LogP contribution in [0.4, 0.5) is 13.2 Å². The minimum absolute atomic E-state index is 0.00335. The summed E-state index contributed by atoms with van der Waals surface area (Å²) in [5.74, 6) is -1.53. The monoisotopic (exact) mass is 309 g/mol. The molecule has 1 rings (SSSR count). The third-order valence-electron chi connectivity index (χ3n) is 2.15. The molecule has 1 aromatic heterocycles. The smallest absolute Gasteiger partial charge is 0.345 e. The number of nitrogens with zero attached hydrogens (tertiary/aromatic N) is 2. The molecular weight excluding hydrogens is 299 g/mol. The highest BCUT2D eigenvalue weighted by Gasteiger charge is 2.28. The number of carbonyl (C=O) groups excluding carboxylic acids is 2. The molecule has 0 bridgehead atoms. The molecule has 20 heavy (non-hydrogen) atoms. The van der Waals surface area contributed by atoms with Gasteiger partial charge in [-0.05, 0) is 12.1 Å². The number of nitrogens with one attached hydrogen (secondary N) is 1. The molecule has 0 radical (unpaired) electrons. The first-order chi connectivity index (χ1) is 9.19. The average molecular weight is 310 g/mol. The number of pyridine rings is 1. The highest BCUT2D eigenvalue weighted by atomic mass is 35.5. The molecule has 0 aliphatic rings. The van der Waals surface area contributed by atoms with E-state index in [0.29, 0.717) is 0 Å². The van der Waals surface area contributed by atoms with E-state index in [-0.39, 0.29) is 10.8 Å². The van der Waals surface area contributed by atoms with Crippen LogP contribution in [-0.4, -0.2) is 48.0 Å². The van der Waals surface area contributed by atoms with Crippen LogP contribution in [-0.2, 0) is 4.79 Å². The van der Waals surface area contributed by atoms with E-state index in [1.807, 2.05) is 0 Å². The Bertz CT molecular complexity index is 508. The average Bonchev–Trinajstić information content (AvgIpc) is 2.34. The lowest BCUT2D eigenvalue weighted by atomic mass is 10.3. The van der Waals surface area contributed by atoms with Crippen molar-refractivity contribution in [1.82, 2.24) is 15.2 Å². The van der Waals surface area contributed by atoms with Gasteiger partial charge in [0.2, 0.25) is 5.91 Å². The maximum Gasteiger partial charge on any atom is 0.405 e. The summed E-state index contributed by atoms with van der Waals surface area (Å²) in [6.45, 7) is -1.95. The van der Waals surface area contributed by atoms with E-state index < -0.39 is 31.1 Å². The number of carbonyl (C=O) groups is 2. The van der Waals surface area contributed by atoms with E-state index in [1.165, 1.54) is 25.2 Å². The summed E-state index contributed by atoms with van der Waals surface area (Å²) >= 11 is 5.61. The molecule has 9 heteroatoms. The molecule has 0 aromatic carbocycles. The Morgan fingerprint density at radius 2 is 2.05 bits per heavy atom. The third-order valence-corrected chi connectivity index (χ3v) is 2.36. The Labute approximate surface area is 117 Å². The zero-order chi connectivity index (χ0) is 15.3. The van der Waals surface area contributed by atoms with E-state index in [2.05, 4.69) is 4.98 Å². The zero-order valence-corrected chi connectivity index (χ0v) is 11.1. The highest BCUT2D eigenvalue weighted by molar-refractivity contribution is 6.29. The maximum atomic E-state index is 11.9. The molecule has 0 atom stereocenters. The van der Waals surface area contributed by atoms with Gasteiger partial charge in [0.25, 0.3) is 5.91 Å². The summed E-state index contributed by atoms with van der Waals surface area (Å²) in [4.78, 5) is 27.8. The van der Waals surface area contributed by atoms with Crippen molar-refractivity contribution in [2.75, 3.05) is 20.1 Å². The highest BCUT2D eigenvalue weighted by Crippen LogP contribution is 2.12. The third kappa shape index (κ3) is 5.43. The molecule has 2 amide bonds. The summed E-state index contributed by atoms with van der Waals surface area (Å²) in [5.41, 5.74) is 0.00335. The van der Waals surface area contributed by atoms with Gasteiger partial charge in [-0.25, -0.2) is 4.98 Å². The first-order valence-electron chi connectivity index (χ1n) is 5.40. The molecule has 0 spiro atoms. The fraction of sp³-hybridized carbons (Fsp3) is 0.364. The summed E-state index contributed by atoms with van der Waals surface area (Å²) in [7, 11) is 1.28. The normalized spacial score (nSPS) is 11.1. The van der Waals surface area contributed by atoms with Crippen molar-refractivity contribution in [1.29, 1.82) is 0 Å². The molecule has 0 aliphatic carbocycles. The lowest BCUT2D eigenvalue weighted by Crippen LogP contribution is -2.41.